The van der Waals surface area contributed by atoms with E-state index in [-0.39, 0.29) is 18.3 Å². The number of esters is 2. The molecule has 0 spiro atoms. The van der Waals surface area contributed by atoms with Gasteiger partial charge in [-0.05, 0) is 78.9 Å². The molecule has 1 aliphatic rings. The van der Waals surface area contributed by atoms with Crippen LogP contribution in [-0.4, -0.2) is 61.6 Å². The smallest absolute Gasteiger partial charge is 0.309 e. The van der Waals surface area contributed by atoms with E-state index < -0.39 is 42.5 Å². The summed E-state index contributed by atoms with van der Waals surface area (Å²) >= 11 is 0. The maximum absolute atomic E-state index is 13.3. The zero-order valence-electron chi connectivity index (χ0n) is 29.1. The molecule has 7 unspecified atom stereocenters. The van der Waals surface area contributed by atoms with Crippen molar-refractivity contribution in [1.29, 1.82) is 0 Å². The highest BCUT2D eigenvalue weighted by Gasteiger charge is 2.40. The van der Waals surface area contributed by atoms with E-state index in [0.29, 0.717) is 26.1 Å². The molecule has 0 aromatic heterocycles. The highest BCUT2D eigenvalue weighted by Crippen LogP contribution is 2.32. The minimum absolute atomic E-state index is 0.0564. The van der Waals surface area contributed by atoms with E-state index >= 15 is 0 Å². The third-order valence-corrected chi connectivity index (χ3v) is 7.87. The molecule has 44 heavy (non-hydrogen) atoms. The van der Waals surface area contributed by atoms with Gasteiger partial charge in [-0.25, -0.2) is 0 Å². The molecule has 0 N–H and O–H groups in total. The van der Waals surface area contributed by atoms with Gasteiger partial charge in [0, 0.05) is 26.1 Å². The molecule has 0 fully saturated rings. The third kappa shape index (κ3) is 16.4. The van der Waals surface area contributed by atoms with Crippen molar-refractivity contribution in [2.45, 2.75) is 163 Å². The van der Waals surface area contributed by atoms with Crippen molar-refractivity contribution >= 4 is 11.9 Å². The molecule has 8 heteroatoms. The Balaban J connectivity index is 3.33. The van der Waals surface area contributed by atoms with E-state index in [0.717, 1.165) is 12.0 Å². The normalized spacial score (nSPS) is 26.9. The highest BCUT2D eigenvalue weighted by atomic mass is 16.7. The SMILES string of the molecule is CCCCCCCCC=CC=C(C)C1OC(=O)CC(OC(C)OCC)CCC(C)(OC(C)OCC)C(OC(C)=O)C=CC1C. The van der Waals surface area contributed by atoms with Crippen LogP contribution < -0.4 is 0 Å². The minimum atomic E-state index is -0.949. The van der Waals surface area contributed by atoms with E-state index in [4.69, 9.17) is 28.4 Å². The van der Waals surface area contributed by atoms with Crippen LogP contribution in [0, 0.1) is 5.92 Å². The molecule has 0 amide bonds. The molecule has 254 valence electrons. The topological polar surface area (TPSA) is 89.5 Å². The summed E-state index contributed by atoms with van der Waals surface area (Å²) in [5.74, 6) is -0.948. The lowest BCUT2D eigenvalue weighted by Crippen LogP contribution is -2.47. The van der Waals surface area contributed by atoms with Crippen molar-refractivity contribution in [3.05, 3.63) is 36.0 Å². The van der Waals surface area contributed by atoms with Gasteiger partial charge in [0.05, 0.1) is 12.5 Å². The van der Waals surface area contributed by atoms with Crippen LogP contribution in [0.5, 0.6) is 0 Å². The number of carbonyl (C=O) groups is 2. The molecule has 1 heterocycles. The van der Waals surface area contributed by atoms with Crippen LogP contribution >= 0.6 is 0 Å². The minimum Gasteiger partial charge on any atom is -0.457 e. The standard InChI is InChI=1S/C36H62O8/c1-10-13-14-15-16-17-18-19-20-21-27(4)35-28(5)22-23-33(41-29(6)37)36(9,44-31(8)40-12-3)25-24-32(26-34(38)43-35)42-30(7)39-11-2/h19-23,28,30-33,35H,10-18,24-26H2,1-9H3. The summed E-state index contributed by atoms with van der Waals surface area (Å²) in [6, 6.07) is 0. The lowest BCUT2D eigenvalue weighted by Gasteiger charge is -2.39. The summed E-state index contributed by atoms with van der Waals surface area (Å²) in [7, 11) is 0. The predicted molar refractivity (Wildman–Crippen MR) is 175 cm³/mol. The summed E-state index contributed by atoms with van der Waals surface area (Å²) in [4.78, 5) is 25.6. The Labute approximate surface area is 267 Å². The lowest BCUT2D eigenvalue weighted by molar-refractivity contribution is -0.230. The molecule has 0 bridgehead atoms. The zero-order valence-corrected chi connectivity index (χ0v) is 29.1. The largest absolute Gasteiger partial charge is 0.457 e. The van der Waals surface area contributed by atoms with Gasteiger partial charge >= 0.3 is 11.9 Å². The molecular weight excluding hydrogens is 560 g/mol. The number of rotatable bonds is 18. The van der Waals surface area contributed by atoms with E-state index in [9.17, 15) is 9.59 Å². The fourth-order valence-corrected chi connectivity index (χ4v) is 5.49. The first-order valence-corrected chi connectivity index (χ1v) is 16.9. The number of unbranched alkanes of at least 4 members (excludes halogenated alkanes) is 6. The van der Waals surface area contributed by atoms with Gasteiger partial charge in [-0.3, -0.25) is 9.59 Å². The second-order valence-electron chi connectivity index (χ2n) is 12.1. The van der Waals surface area contributed by atoms with Gasteiger partial charge in [0.2, 0.25) is 0 Å². The predicted octanol–water partition coefficient (Wildman–Crippen LogP) is 8.38. The summed E-state index contributed by atoms with van der Waals surface area (Å²) in [5.41, 5.74) is -0.0182. The monoisotopic (exact) mass is 622 g/mol. The van der Waals surface area contributed by atoms with Crippen LogP contribution in [0.1, 0.15) is 127 Å². The summed E-state index contributed by atoms with van der Waals surface area (Å²) < 4.78 is 35.8. The molecule has 1 rings (SSSR count). The second-order valence-corrected chi connectivity index (χ2v) is 12.1. The van der Waals surface area contributed by atoms with Crippen LogP contribution in [-0.2, 0) is 38.0 Å². The van der Waals surface area contributed by atoms with Crippen molar-refractivity contribution in [2.75, 3.05) is 13.2 Å². The Hall–Kier alpha value is -2.00. The molecular formula is C36H62O8. The van der Waals surface area contributed by atoms with Gasteiger partial charge in [-0.2, -0.15) is 0 Å². The average Bonchev–Trinajstić information content (AvgIpc) is 2.95. The summed E-state index contributed by atoms with van der Waals surface area (Å²) in [6.45, 7) is 17.9. The van der Waals surface area contributed by atoms with Crippen molar-refractivity contribution in [3.8, 4) is 0 Å². The molecule has 0 saturated heterocycles. The summed E-state index contributed by atoms with van der Waals surface area (Å²) in [5, 5.41) is 0. The van der Waals surface area contributed by atoms with Gasteiger partial charge in [0.15, 0.2) is 12.6 Å². The Morgan fingerprint density at radius 1 is 1.02 bits per heavy atom. The Morgan fingerprint density at radius 3 is 2.34 bits per heavy atom. The van der Waals surface area contributed by atoms with Crippen LogP contribution in [0.25, 0.3) is 0 Å². The first-order valence-electron chi connectivity index (χ1n) is 16.9. The quantitative estimate of drug-likeness (QED) is 0.0495. The van der Waals surface area contributed by atoms with Crippen LogP contribution in [0.3, 0.4) is 0 Å². The average molecular weight is 623 g/mol. The van der Waals surface area contributed by atoms with E-state index in [2.05, 4.69) is 19.1 Å². The van der Waals surface area contributed by atoms with Gasteiger partial charge in [0.25, 0.3) is 0 Å². The maximum atomic E-state index is 13.3. The third-order valence-electron chi connectivity index (χ3n) is 7.87. The van der Waals surface area contributed by atoms with Gasteiger partial charge < -0.3 is 28.4 Å². The molecule has 0 radical (unpaired) electrons. The van der Waals surface area contributed by atoms with Crippen molar-refractivity contribution in [1.82, 2.24) is 0 Å². The Morgan fingerprint density at radius 2 is 1.68 bits per heavy atom. The van der Waals surface area contributed by atoms with Gasteiger partial charge in [-0.15, -0.1) is 0 Å². The Bertz CT molecular complexity index is 897. The van der Waals surface area contributed by atoms with Crippen molar-refractivity contribution in [3.63, 3.8) is 0 Å². The molecule has 1 aliphatic heterocycles. The van der Waals surface area contributed by atoms with Crippen molar-refractivity contribution in [2.24, 2.45) is 5.92 Å². The molecule has 0 aromatic carbocycles. The van der Waals surface area contributed by atoms with Crippen LogP contribution in [0.4, 0.5) is 0 Å². The lowest BCUT2D eigenvalue weighted by atomic mass is 9.88. The number of hydrogen-bond acceptors (Lipinski definition) is 8. The molecule has 0 saturated carbocycles. The van der Waals surface area contributed by atoms with E-state index in [1.807, 2.05) is 66.7 Å². The van der Waals surface area contributed by atoms with E-state index in [1.165, 1.54) is 45.4 Å². The maximum Gasteiger partial charge on any atom is 0.309 e. The number of cyclic esters (lactones) is 1. The number of carbonyl (C=O) groups excluding carboxylic acids is 2. The molecule has 0 aliphatic carbocycles. The molecule has 8 nitrogen and oxygen atoms in total. The van der Waals surface area contributed by atoms with Crippen LogP contribution in [0.15, 0.2) is 36.0 Å². The Kier molecular flexibility index (Phi) is 20.5. The molecule has 0 aromatic rings. The van der Waals surface area contributed by atoms with Gasteiger partial charge in [0.1, 0.15) is 17.8 Å². The fourth-order valence-electron chi connectivity index (χ4n) is 5.49. The number of ether oxygens (including phenoxy) is 6. The van der Waals surface area contributed by atoms with Crippen molar-refractivity contribution < 1.29 is 38.0 Å². The fraction of sp³-hybridized carbons (Fsp3) is 0.778. The first kappa shape index (κ1) is 40.0. The molecule has 7 atom stereocenters. The first-order chi connectivity index (χ1) is 20.9. The van der Waals surface area contributed by atoms with Crippen LogP contribution in [0.2, 0.25) is 0 Å². The summed E-state index contributed by atoms with van der Waals surface area (Å²) in [6.07, 6.45) is 16.9. The van der Waals surface area contributed by atoms with E-state index in [1.54, 1.807) is 0 Å². The van der Waals surface area contributed by atoms with Gasteiger partial charge in [-0.1, -0.05) is 70.3 Å². The highest BCUT2D eigenvalue weighted by molar-refractivity contribution is 5.70. The second kappa shape index (κ2) is 22.5. The number of allylic oxidation sites excluding steroid dienone is 3. The zero-order chi connectivity index (χ0) is 33.0. The number of hydrogen-bond donors (Lipinski definition) is 0.